The van der Waals surface area contributed by atoms with Crippen LogP contribution in [0.25, 0.3) is 0 Å². The first-order valence-corrected chi connectivity index (χ1v) is 3.79. The van der Waals surface area contributed by atoms with E-state index in [0.717, 1.165) is 0 Å². The zero-order valence-electron chi connectivity index (χ0n) is 7.42. The lowest BCUT2D eigenvalue weighted by Crippen LogP contribution is -2.35. The van der Waals surface area contributed by atoms with Gasteiger partial charge < -0.3 is 5.11 Å². The van der Waals surface area contributed by atoms with Crippen molar-refractivity contribution in [1.82, 2.24) is 0 Å². The molecule has 2 nitrogen and oxygen atoms in total. The molecule has 0 aromatic heterocycles. The van der Waals surface area contributed by atoms with Crippen molar-refractivity contribution >= 4 is 5.78 Å². The highest BCUT2D eigenvalue weighted by Crippen LogP contribution is 2.17. The molecule has 11 heavy (non-hydrogen) atoms. The minimum absolute atomic E-state index is 0.300. The monoisotopic (exact) mass is 156 g/mol. The second kappa shape index (κ2) is 3.67. The van der Waals surface area contributed by atoms with E-state index in [4.69, 9.17) is 0 Å². The summed E-state index contributed by atoms with van der Waals surface area (Å²) in [7, 11) is 0. The van der Waals surface area contributed by atoms with Crippen LogP contribution in [-0.2, 0) is 4.79 Å². The summed E-state index contributed by atoms with van der Waals surface area (Å²) in [4.78, 5) is 11.0. The van der Waals surface area contributed by atoms with Gasteiger partial charge in [0, 0.05) is 0 Å². The predicted octanol–water partition coefficient (Wildman–Crippen LogP) is 1.54. The maximum absolute atomic E-state index is 11.0. The Balaban J connectivity index is 4.20. The number of carbonyl (C=O) groups is 1. The first-order valence-electron chi connectivity index (χ1n) is 3.79. The van der Waals surface area contributed by atoms with Crippen LogP contribution >= 0.6 is 0 Å². The normalized spacial score (nSPS) is 16.1. The Hall–Kier alpha value is -0.630. The van der Waals surface area contributed by atoms with Gasteiger partial charge in [0.05, 0.1) is 0 Å². The van der Waals surface area contributed by atoms with Gasteiger partial charge in [-0.05, 0) is 25.3 Å². The van der Waals surface area contributed by atoms with E-state index in [0.29, 0.717) is 12.3 Å². The van der Waals surface area contributed by atoms with Gasteiger partial charge in [0.25, 0.3) is 0 Å². The molecule has 0 bridgehead atoms. The molecule has 0 saturated carbocycles. The molecule has 0 heterocycles. The van der Waals surface area contributed by atoms with Crippen molar-refractivity contribution in [1.29, 1.82) is 0 Å². The van der Waals surface area contributed by atoms with Gasteiger partial charge in [0.15, 0.2) is 5.78 Å². The van der Waals surface area contributed by atoms with E-state index in [9.17, 15) is 9.90 Å². The molecule has 0 radical (unpaired) electrons. The van der Waals surface area contributed by atoms with Crippen molar-refractivity contribution in [3.63, 3.8) is 0 Å². The molecule has 0 fully saturated rings. The molecule has 64 valence electrons. The Morgan fingerprint density at radius 1 is 1.73 bits per heavy atom. The summed E-state index contributed by atoms with van der Waals surface area (Å²) in [5.74, 6) is 0.0140. The minimum atomic E-state index is -1.23. The number of ketones is 1. The van der Waals surface area contributed by atoms with Crippen LogP contribution in [0.1, 0.15) is 27.2 Å². The van der Waals surface area contributed by atoms with Gasteiger partial charge in [-0.2, -0.15) is 0 Å². The van der Waals surface area contributed by atoms with Crippen LogP contribution in [-0.4, -0.2) is 16.5 Å². The standard InChI is InChI=1S/C9H16O2/c1-5-8(10)9(4,11)6-7(2)3/h5,7,11H,1,6H2,2-4H3. The topological polar surface area (TPSA) is 37.3 Å². The van der Waals surface area contributed by atoms with E-state index in [2.05, 4.69) is 6.58 Å². The average Bonchev–Trinajstić information content (AvgIpc) is 1.83. The smallest absolute Gasteiger partial charge is 0.186 e. The second-order valence-electron chi connectivity index (χ2n) is 3.44. The summed E-state index contributed by atoms with van der Waals surface area (Å²) in [6.45, 7) is 8.78. The van der Waals surface area contributed by atoms with Gasteiger partial charge in [-0.1, -0.05) is 20.4 Å². The first-order chi connectivity index (χ1) is 4.90. The summed E-state index contributed by atoms with van der Waals surface area (Å²) in [6.07, 6.45) is 1.65. The van der Waals surface area contributed by atoms with Gasteiger partial charge in [-0.3, -0.25) is 4.79 Å². The molecule has 0 aliphatic carbocycles. The predicted molar refractivity (Wildman–Crippen MR) is 45.3 cm³/mol. The number of carbonyl (C=O) groups excluding carboxylic acids is 1. The Morgan fingerprint density at radius 2 is 2.18 bits per heavy atom. The Labute approximate surface area is 67.9 Å². The van der Waals surface area contributed by atoms with Crippen LogP contribution in [0.15, 0.2) is 12.7 Å². The summed E-state index contributed by atoms with van der Waals surface area (Å²) >= 11 is 0. The molecule has 0 aromatic carbocycles. The van der Waals surface area contributed by atoms with Crippen molar-refractivity contribution in [2.75, 3.05) is 0 Å². The molecule has 0 aliphatic rings. The molecule has 0 amide bonds. The van der Waals surface area contributed by atoms with E-state index in [1.54, 1.807) is 0 Å². The average molecular weight is 156 g/mol. The molecular weight excluding hydrogens is 140 g/mol. The van der Waals surface area contributed by atoms with Crippen LogP contribution in [0.2, 0.25) is 0 Å². The lowest BCUT2D eigenvalue weighted by Gasteiger charge is -2.21. The third-order valence-corrected chi connectivity index (χ3v) is 1.52. The van der Waals surface area contributed by atoms with Crippen LogP contribution < -0.4 is 0 Å². The number of hydrogen-bond donors (Lipinski definition) is 1. The Morgan fingerprint density at radius 3 is 2.45 bits per heavy atom. The van der Waals surface area contributed by atoms with E-state index < -0.39 is 5.60 Å². The fraction of sp³-hybridized carbons (Fsp3) is 0.667. The Kier molecular flexibility index (Phi) is 3.46. The maximum Gasteiger partial charge on any atom is 0.186 e. The summed E-state index contributed by atoms with van der Waals surface area (Å²) < 4.78 is 0. The lowest BCUT2D eigenvalue weighted by molar-refractivity contribution is -0.131. The van der Waals surface area contributed by atoms with Crippen molar-refractivity contribution in [3.05, 3.63) is 12.7 Å². The molecule has 0 saturated heterocycles. The van der Waals surface area contributed by atoms with Crippen molar-refractivity contribution in [2.45, 2.75) is 32.8 Å². The van der Waals surface area contributed by atoms with Crippen molar-refractivity contribution in [2.24, 2.45) is 5.92 Å². The second-order valence-corrected chi connectivity index (χ2v) is 3.44. The quantitative estimate of drug-likeness (QED) is 0.627. The highest BCUT2D eigenvalue weighted by atomic mass is 16.3. The molecule has 1 atom stereocenters. The van der Waals surface area contributed by atoms with Crippen LogP contribution in [0, 0.1) is 5.92 Å². The molecule has 0 aliphatic heterocycles. The highest BCUT2D eigenvalue weighted by molar-refractivity contribution is 5.95. The fourth-order valence-electron chi connectivity index (χ4n) is 1.12. The molecule has 0 aromatic rings. The molecule has 1 unspecified atom stereocenters. The van der Waals surface area contributed by atoms with E-state index >= 15 is 0 Å². The first kappa shape index (κ1) is 10.4. The zero-order valence-corrected chi connectivity index (χ0v) is 7.42. The van der Waals surface area contributed by atoms with Crippen LogP contribution in [0.5, 0.6) is 0 Å². The van der Waals surface area contributed by atoms with Gasteiger partial charge in [0.1, 0.15) is 5.60 Å². The van der Waals surface area contributed by atoms with Gasteiger partial charge >= 0.3 is 0 Å². The third-order valence-electron chi connectivity index (χ3n) is 1.52. The van der Waals surface area contributed by atoms with Crippen molar-refractivity contribution < 1.29 is 9.90 Å². The van der Waals surface area contributed by atoms with E-state index in [1.807, 2.05) is 13.8 Å². The zero-order chi connectivity index (χ0) is 9.07. The number of rotatable bonds is 4. The number of aliphatic hydroxyl groups is 1. The van der Waals surface area contributed by atoms with Gasteiger partial charge in [-0.25, -0.2) is 0 Å². The summed E-state index contributed by atoms with van der Waals surface area (Å²) in [5, 5.41) is 9.53. The third kappa shape index (κ3) is 3.33. The van der Waals surface area contributed by atoms with Crippen LogP contribution in [0.4, 0.5) is 0 Å². The van der Waals surface area contributed by atoms with E-state index in [-0.39, 0.29) is 5.78 Å². The largest absolute Gasteiger partial charge is 0.382 e. The minimum Gasteiger partial charge on any atom is -0.382 e. The fourth-order valence-corrected chi connectivity index (χ4v) is 1.12. The summed E-state index contributed by atoms with van der Waals surface area (Å²) in [5.41, 5.74) is -1.23. The highest BCUT2D eigenvalue weighted by Gasteiger charge is 2.28. The molecule has 0 rings (SSSR count). The SMILES string of the molecule is C=CC(=O)C(C)(O)CC(C)C. The number of hydrogen-bond acceptors (Lipinski definition) is 2. The summed E-state index contributed by atoms with van der Waals surface area (Å²) in [6, 6.07) is 0. The maximum atomic E-state index is 11.0. The van der Waals surface area contributed by atoms with Crippen molar-refractivity contribution in [3.8, 4) is 0 Å². The molecule has 2 heteroatoms. The Bertz CT molecular complexity index is 157. The van der Waals surface area contributed by atoms with E-state index in [1.165, 1.54) is 13.0 Å². The van der Waals surface area contributed by atoms with Gasteiger partial charge in [-0.15, -0.1) is 0 Å². The van der Waals surface area contributed by atoms with Gasteiger partial charge in [0.2, 0.25) is 0 Å². The molecule has 1 N–H and O–H groups in total. The molecule has 0 spiro atoms. The molecular formula is C9H16O2. The van der Waals surface area contributed by atoms with Crippen LogP contribution in [0.3, 0.4) is 0 Å². The lowest BCUT2D eigenvalue weighted by atomic mass is 9.90.